The van der Waals surface area contributed by atoms with Crippen molar-refractivity contribution in [3.05, 3.63) is 41.8 Å². The Kier molecular flexibility index (Phi) is 5.32. The first-order valence-corrected chi connectivity index (χ1v) is 6.72. The molecule has 0 atom stereocenters. The number of hydrogen-bond acceptors (Lipinski definition) is 5. The lowest BCUT2D eigenvalue weighted by Gasteiger charge is -2.12. The van der Waals surface area contributed by atoms with Gasteiger partial charge in [0.05, 0.1) is 0 Å². The van der Waals surface area contributed by atoms with Crippen molar-refractivity contribution < 1.29 is 22.7 Å². The lowest BCUT2D eigenvalue weighted by atomic mass is 10.3. The lowest BCUT2D eigenvalue weighted by Crippen LogP contribution is -2.14. The average Bonchev–Trinajstić information content (AvgIpc) is 2.49. The third kappa shape index (κ3) is 5.06. The number of rotatable bonds is 6. The Balaban J connectivity index is 2.25. The van der Waals surface area contributed by atoms with Gasteiger partial charge in [-0.25, -0.2) is 9.37 Å². The van der Waals surface area contributed by atoms with Gasteiger partial charge in [-0.2, -0.15) is 18.2 Å². The predicted molar refractivity (Wildman–Crippen MR) is 76.9 cm³/mol. The maximum atomic E-state index is 12.9. The number of aliphatic hydroxyl groups is 1. The summed E-state index contributed by atoms with van der Waals surface area (Å²) in [5.74, 6) is -0.746. The van der Waals surface area contributed by atoms with Crippen molar-refractivity contribution in [2.45, 2.75) is 12.6 Å². The highest BCUT2D eigenvalue weighted by molar-refractivity contribution is 5.57. The molecule has 0 fully saturated rings. The molecular formula is C14H14F4N4O. The maximum absolute atomic E-state index is 12.9. The second kappa shape index (κ2) is 7.23. The van der Waals surface area contributed by atoms with Crippen LogP contribution in [-0.4, -0.2) is 28.2 Å². The zero-order chi connectivity index (χ0) is 16.9. The summed E-state index contributed by atoms with van der Waals surface area (Å²) in [4.78, 5) is 7.33. The van der Waals surface area contributed by atoms with Gasteiger partial charge >= 0.3 is 6.18 Å². The van der Waals surface area contributed by atoms with Gasteiger partial charge in [0, 0.05) is 24.9 Å². The molecule has 0 saturated heterocycles. The van der Waals surface area contributed by atoms with Gasteiger partial charge in [-0.3, -0.25) is 0 Å². The van der Waals surface area contributed by atoms with Gasteiger partial charge in [0.1, 0.15) is 11.6 Å². The van der Waals surface area contributed by atoms with Gasteiger partial charge in [0.2, 0.25) is 5.95 Å². The number of aliphatic hydroxyl groups excluding tert-OH is 1. The fourth-order valence-corrected chi connectivity index (χ4v) is 1.70. The van der Waals surface area contributed by atoms with Crippen molar-refractivity contribution in [3.63, 3.8) is 0 Å². The lowest BCUT2D eigenvalue weighted by molar-refractivity contribution is -0.141. The number of hydrogen-bond donors (Lipinski definition) is 3. The van der Waals surface area contributed by atoms with Crippen molar-refractivity contribution in [1.29, 1.82) is 0 Å². The molecular weight excluding hydrogens is 316 g/mol. The summed E-state index contributed by atoms with van der Waals surface area (Å²) in [6.07, 6.45) is -4.28. The van der Waals surface area contributed by atoms with Gasteiger partial charge in [0.25, 0.3) is 0 Å². The van der Waals surface area contributed by atoms with Gasteiger partial charge in [0.15, 0.2) is 5.69 Å². The summed E-state index contributed by atoms with van der Waals surface area (Å²) >= 11 is 0. The number of benzene rings is 1. The minimum Gasteiger partial charge on any atom is -0.396 e. The molecule has 3 N–H and O–H groups in total. The van der Waals surface area contributed by atoms with Crippen LogP contribution in [0.25, 0.3) is 0 Å². The Bertz CT molecular complexity index is 646. The number of nitrogens with zero attached hydrogens (tertiary/aromatic N) is 2. The van der Waals surface area contributed by atoms with Crippen LogP contribution in [0.4, 0.5) is 35.0 Å². The van der Waals surface area contributed by atoms with Crippen LogP contribution in [0.2, 0.25) is 0 Å². The number of aromatic nitrogens is 2. The van der Waals surface area contributed by atoms with E-state index in [9.17, 15) is 17.6 Å². The quantitative estimate of drug-likeness (QED) is 0.561. The predicted octanol–water partition coefficient (Wildman–Crippen LogP) is 3.17. The molecule has 0 spiro atoms. The van der Waals surface area contributed by atoms with Crippen LogP contribution >= 0.6 is 0 Å². The summed E-state index contributed by atoms with van der Waals surface area (Å²) in [5.41, 5.74) is -0.719. The van der Waals surface area contributed by atoms with E-state index in [1.807, 2.05) is 0 Å². The summed E-state index contributed by atoms with van der Waals surface area (Å²) < 4.78 is 51.5. The van der Waals surface area contributed by atoms with Crippen LogP contribution in [0.1, 0.15) is 12.1 Å². The number of anilines is 3. The molecule has 124 valence electrons. The van der Waals surface area contributed by atoms with Crippen molar-refractivity contribution in [1.82, 2.24) is 9.97 Å². The molecule has 0 radical (unpaired) electrons. The fourth-order valence-electron chi connectivity index (χ4n) is 1.70. The van der Waals surface area contributed by atoms with E-state index < -0.39 is 17.7 Å². The van der Waals surface area contributed by atoms with Crippen molar-refractivity contribution in [2.75, 3.05) is 23.8 Å². The molecule has 0 saturated carbocycles. The Morgan fingerprint density at radius 3 is 2.39 bits per heavy atom. The SMILES string of the molecule is OCCCNc1nc(Nc2ccc(F)cc2)cc(C(F)(F)F)n1. The first-order chi connectivity index (χ1) is 10.9. The highest BCUT2D eigenvalue weighted by Crippen LogP contribution is 2.30. The summed E-state index contributed by atoms with van der Waals surface area (Å²) in [7, 11) is 0. The highest BCUT2D eigenvalue weighted by atomic mass is 19.4. The van der Waals surface area contributed by atoms with Crippen LogP contribution in [0, 0.1) is 5.82 Å². The fraction of sp³-hybridized carbons (Fsp3) is 0.286. The molecule has 0 aliphatic heterocycles. The van der Waals surface area contributed by atoms with E-state index in [-0.39, 0.29) is 24.9 Å². The molecule has 9 heteroatoms. The van der Waals surface area contributed by atoms with Crippen LogP contribution in [0.15, 0.2) is 30.3 Å². The largest absolute Gasteiger partial charge is 0.433 e. The molecule has 23 heavy (non-hydrogen) atoms. The Morgan fingerprint density at radius 2 is 1.78 bits per heavy atom. The number of nitrogens with one attached hydrogen (secondary N) is 2. The second-order valence-corrected chi connectivity index (χ2v) is 4.60. The molecule has 5 nitrogen and oxygen atoms in total. The van der Waals surface area contributed by atoms with E-state index in [4.69, 9.17) is 5.11 Å². The topological polar surface area (TPSA) is 70.1 Å². The third-order valence-corrected chi connectivity index (χ3v) is 2.75. The Hall–Kier alpha value is -2.42. The summed E-state index contributed by atoms with van der Waals surface area (Å²) in [6.45, 7) is 0.125. The monoisotopic (exact) mass is 330 g/mol. The van der Waals surface area contributed by atoms with Crippen LogP contribution in [-0.2, 0) is 6.18 Å². The summed E-state index contributed by atoms with van der Waals surface area (Å²) in [5, 5.41) is 14.0. The van der Waals surface area contributed by atoms with E-state index >= 15 is 0 Å². The van der Waals surface area contributed by atoms with E-state index in [0.29, 0.717) is 12.1 Å². The van der Waals surface area contributed by atoms with E-state index in [1.54, 1.807) is 0 Å². The Labute approximate surface area is 129 Å². The van der Waals surface area contributed by atoms with Crippen LogP contribution in [0.3, 0.4) is 0 Å². The summed E-state index contributed by atoms with van der Waals surface area (Å²) in [6, 6.07) is 5.87. The molecule has 1 heterocycles. The molecule has 2 rings (SSSR count). The number of halogens is 4. The van der Waals surface area contributed by atoms with Gasteiger partial charge in [-0.15, -0.1) is 0 Å². The molecule has 0 amide bonds. The number of alkyl halides is 3. The van der Waals surface area contributed by atoms with Crippen LogP contribution < -0.4 is 10.6 Å². The molecule has 1 aromatic carbocycles. The zero-order valence-electron chi connectivity index (χ0n) is 11.9. The molecule has 2 aromatic rings. The molecule has 0 aliphatic carbocycles. The van der Waals surface area contributed by atoms with Crippen molar-refractivity contribution in [3.8, 4) is 0 Å². The first-order valence-electron chi connectivity index (χ1n) is 6.72. The van der Waals surface area contributed by atoms with Gasteiger partial charge < -0.3 is 15.7 Å². The third-order valence-electron chi connectivity index (χ3n) is 2.75. The average molecular weight is 330 g/mol. The van der Waals surface area contributed by atoms with Crippen LogP contribution in [0.5, 0.6) is 0 Å². The van der Waals surface area contributed by atoms with E-state index in [0.717, 1.165) is 6.07 Å². The smallest absolute Gasteiger partial charge is 0.396 e. The molecule has 0 bridgehead atoms. The highest BCUT2D eigenvalue weighted by Gasteiger charge is 2.33. The first kappa shape index (κ1) is 16.9. The Morgan fingerprint density at radius 1 is 1.09 bits per heavy atom. The van der Waals surface area contributed by atoms with Gasteiger partial charge in [-0.05, 0) is 30.7 Å². The van der Waals surface area contributed by atoms with Gasteiger partial charge in [-0.1, -0.05) is 0 Å². The molecule has 1 aromatic heterocycles. The standard InChI is InChI=1S/C14H14F4N4O/c15-9-2-4-10(5-3-9)20-12-8-11(14(16,17)18)21-13(22-12)19-6-1-7-23/h2-5,8,23H,1,6-7H2,(H2,19,20,21,22). The zero-order valence-corrected chi connectivity index (χ0v) is 11.9. The van der Waals surface area contributed by atoms with Crippen molar-refractivity contribution >= 4 is 17.5 Å². The molecule has 0 unspecified atom stereocenters. The minimum atomic E-state index is -4.63. The molecule has 0 aliphatic rings. The normalized spacial score (nSPS) is 11.3. The minimum absolute atomic E-state index is 0.0783. The second-order valence-electron chi connectivity index (χ2n) is 4.60. The van der Waals surface area contributed by atoms with Crippen molar-refractivity contribution in [2.24, 2.45) is 0 Å². The maximum Gasteiger partial charge on any atom is 0.433 e. The van der Waals surface area contributed by atoms with E-state index in [2.05, 4.69) is 20.6 Å². The van der Waals surface area contributed by atoms with E-state index in [1.165, 1.54) is 24.3 Å².